The maximum atomic E-state index is 7.04. The van der Waals surface area contributed by atoms with E-state index in [4.69, 9.17) is 4.42 Å². The van der Waals surface area contributed by atoms with Gasteiger partial charge in [0.1, 0.15) is 11.2 Å². The molecule has 0 amide bonds. The summed E-state index contributed by atoms with van der Waals surface area (Å²) in [7, 11) is 0. The van der Waals surface area contributed by atoms with Gasteiger partial charge in [0.05, 0.1) is 11.1 Å². The van der Waals surface area contributed by atoms with Gasteiger partial charge in [-0.15, -0.1) is 0 Å². The molecule has 0 atom stereocenters. The number of benzene rings is 12. The van der Waals surface area contributed by atoms with E-state index >= 15 is 0 Å². The standard InChI is InChI=1S/C72H47NO/c1-2-20-48-46(18-1)47-19-3-4-21-49(47)58-40-44(34-36-50(48)58)73(45-35-37-63-59(41-45)53-24-5-10-29-62(53)71(63)38-15-16-39-71)68-43-67-60(42-61(68)57-28-17-27-56-55-26-9-14-33-69(55)74-70(56)57)54-25-8-13-32-66(54)72(67)64-30-11-6-22-51(64)52-23-7-12-31-65(52)72/h1-14,17-37,40-43H,15-16,38-39H2. The van der Waals surface area contributed by atoms with E-state index < -0.39 is 5.41 Å². The van der Waals surface area contributed by atoms with Crippen molar-refractivity contribution in [2.45, 2.75) is 36.5 Å². The van der Waals surface area contributed by atoms with Crippen LogP contribution < -0.4 is 4.90 Å². The molecule has 1 saturated carbocycles. The number of fused-ring (bicyclic) bond motifs is 24. The van der Waals surface area contributed by atoms with Gasteiger partial charge in [-0.1, -0.05) is 207 Å². The summed E-state index contributed by atoms with van der Waals surface area (Å²) in [6, 6.07) is 89.7. The fraction of sp³-hybridized carbons (Fsp3) is 0.0833. The van der Waals surface area contributed by atoms with Crippen LogP contribution in [0.15, 0.2) is 241 Å². The summed E-state index contributed by atoms with van der Waals surface area (Å²) < 4.78 is 7.04. The van der Waals surface area contributed by atoms with Gasteiger partial charge in [-0.05, 0) is 154 Å². The SMILES string of the molecule is c1ccc2c(c1)-c1cc(N(c3ccc4c5ccccc5c5ccccc5c4c3)c3cc4c(cc3-c3cccc5c3oc3ccccc35)-c3ccccc3C43c4ccccc4-c4ccccc43)ccc1C21CCCC1. The van der Waals surface area contributed by atoms with Crippen LogP contribution in [-0.4, -0.2) is 0 Å². The Bertz CT molecular complexity index is 4500. The lowest BCUT2D eigenvalue weighted by atomic mass is 9.70. The Hall–Kier alpha value is -8.98. The lowest BCUT2D eigenvalue weighted by Gasteiger charge is -2.34. The van der Waals surface area contributed by atoms with Crippen LogP contribution in [0.1, 0.15) is 59.1 Å². The molecule has 0 radical (unpaired) electrons. The molecular weight excluding hydrogens is 895 g/mol. The predicted octanol–water partition coefficient (Wildman–Crippen LogP) is 19.4. The van der Waals surface area contributed by atoms with E-state index in [0.717, 1.165) is 50.1 Å². The Kier molecular flexibility index (Phi) is 8.13. The summed E-state index contributed by atoms with van der Waals surface area (Å²) in [6.07, 6.45) is 4.88. The van der Waals surface area contributed by atoms with Crippen molar-refractivity contribution in [3.8, 4) is 44.5 Å². The van der Waals surface area contributed by atoms with E-state index in [2.05, 4.69) is 241 Å². The van der Waals surface area contributed by atoms with E-state index in [1.165, 1.54) is 125 Å². The molecule has 4 aliphatic rings. The van der Waals surface area contributed by atoms with E-state index in [-0.39, 0.29) is 5.41 Å². The number of nitrogens with zero attached hydrogens (tertiary/aromatic N) is 1. The molecule has 4 aliphatic carbocycles. The Morgan fingerprint density at radius 1 is 0.297 bits per heavy atom. The molecule has 0 bridgehead atoms. The first-order chi connectivity index (χ1) is 36.7. The summed E-state index contributed by atoms with van der Waals surface area (Å²) in [5.74, 6) is 0. The fourth-order valence-electron chi connectivity index (χ4n) is 15.1. The van der Waals surface area contributed by atoms with Gasteiger partial charge in [0, 0.05) is 38.7 Å². The summed E-state index contributed by atoms with van der Waals surface area (Å²) in [6.45, 7) is 0. The molecule has 0 unspecified atom stereocenters. The van der Waals surface area contributed by atoms with Crippen molar-refractivity contribution >= 4 is 71.3 Å². The van der Waals surface area contributed by atoms with Crippen molar-refractivity contribution < 1.29 is 4.42 Å². The highest BCUT2D eigenvalue weighted by molar-refractivity contribution is 6.26. The average Bonchev–Trinajstić information content (AvgIpc) is 4.29. The lowest BCUT2D eigenvalue weighted by Crippen LogP contribution is -2.26. The van der Waals surface area contributed by atoms with E-state index in [1.807, 2.05) is 0 Å². The van der Waals surface area contributed by atoms with Gasteiger partial charge in [0.25, 0.3) is 0 Å². The highest BCUT2D eigenvalue weighted by atomic mass is 16.3. The van der Waals surface area contributed by atoms with Gasteiger partial charge in [0.2, 0.25) is 0 Å². The first kappa shape index (κ1) is 40.6. The van der Waals surface area contributed by atoms with Crippen LogP contribution >= 0.6 is 0 Å². The molecule has 1 aromatic heterocycles. The average molecular weight is 942 g/mol. The predicted molar refractivity (Wildman–Crippen MR) is 307 cm³/mol. The largest absolute Gasteiger partial charge is 0.455 e. The zero-order valence-corrected chi connectivity index (χ0v) is 40.7. The molecule has 0 N–H and O–H groups in total. The quantitative estimate of drug-likeness (QED) is 0.164. The molecule has 1 heterocycles. The van der Waals surface area contributed by atoms with Gasteiger partial charge in [-0.25, -0.2) is 0 Å². The molecule has 2 nitrogen and oxygen atoms in total. The maximum absolute atomic E-state index is 7.04. The number of hydrogen-bond donors (Lipinski definition) is 0. The Morgan fingerprint density at radius 3 is 1.42 bits per heavy atom. The van der Waals surface area contributed by atoms with Gasteiger partial charge in [-0.2, -0.15) is 0 Å². The summed E-state index contributed by atoms with van der Waals surface area (Å²) in [5, 5.41) is 9.80. The highest BCUT2D eigenvalue weighted by Gasteiger charge is 2.52. The smallest absolute Gasteiger partial charge is 0.143 e. The molecule has 12 aromatic carbocycles. The normalized spacial score (nSPS) is 15.0. The van der Waals surface area contributed by atoms with Crippen molar-refractivity contribution in [3.63, 3.8) is 0 Å². The molecule has 1 fully saturated rings. The lowest BCUT2D eigenvalue weighted by molar-refractivity contribution is 0.550. The second kappa shape index (κ2) is 14.8. The molecule has 2 spiro atoms. The monoisotopic (exact) mass is 941 g/mol. The van der Waals surface area contributed by atoms with Crippen molar-refractivity contribution in [3.05, 3.63) is 270 Å². The summed E-state index contributed by atoms with van der Waals surface area (Å²) >= 11 is 0. The topological polar surface area (TPSA) is 16.4 Å². The van der Waals surface area contributed by atoms with Crippen molar-refractivity contribution in [1.82, 2.24) is 0 Å². The molecule has 17 rings (SSSR count). The van der Waals surface area contributed by atoms with Crippen LogP contribution in [0, 0.1) is 0 Å². The van der Waals surface area contributed by atoms with Gasteiger partial charge in [0.15, 0.2) is 0 Å². The first-order valence-electron chi connectivity index (χ1n) is 26.5. The van der Waals surface area contributed by atoms with Gasteiger partial charge >= 0.3 is 0 Å². The molecule has 2 heteroatoms. The number of rotatable bonds is 4. The van der Waals surface area contributed by atoms with Crippen molar-refractivity contribution in [2.24, 2.45) is 0 Å². The number of hydrogen-bond acceptors (Lipinski definition) is 2. The third kappa shape index (κ3) is 5.15. The van der Waals surface area contributed by atoms with Crippen LogP contribution in [0.5, 0.6) is 0 Å². The van der Waals surface area contributed by atoms with Crippen LogP contribution in [-0.2, 0) is 10.8 Å². The van der Waals surface area contributed by atoms with Crippen LogP contribution in [0.4, 0.5) is 17.1 Å². The summed E-state index contributed by atoms with van der Waals surface area (Å²) in [5.41, 5.74) is 22.9. The third-order valence-corrected chi connectivity index (χ3v) is 18.0. The van der Waals surface area contributed by atoms with Crippen molar-refractivity contribution in [1.29, 1.82) is 0 Å². The Balaban J connectivity index is 1.03. The van der Waals surface area contributed by atoms with Crippen molar-refractivity contribution in [2.75, 3.05) is 4.90 Å². The number of anilines is 3. The molecule has 0 saturated heterocycles. The van der Waals surface area contributed by atoms with Crippen LogP contribution in [0.25, 0.3) is 98.8 Å². The van der Waals surface area contributed by atoms with Crippen LogP contribution in [0.2, 0.25) is 0 Å². The molecular formula is C72H47NO. The minimum Gasteiger partial charge on any atom is -0.455 e. The zero-order valence-electron chi connectivity index (χ0n) is 40.7. The Labute approximate surface area is 429 Å². The van der Waals surface area contributed by atoms with E-state index in [0.29, 0.717) is 0 Å². The van der Waals surface area contributed by atoms with Gasteiger partial charge < -0.3 is 9.32 Å². The zero-order chi connectivity index (χ0) is 48.3. The molecule has 74 heavy (non-hydrogen) atoms. The first-order valence-corrected chi connectivity index (χ1v) is 26.5. The Morgan fingerprint density at radius 2 is 0.757 bits per heavy atom. The maximum Gasteiger partial charge on any atom is 0.143 e. The van der Waals surface area contributed by atoms with E-state index in [9.17, 15) is 0 Å². The second-order valence-electron chi connectivity index (χ2n) is 21.3. The second-order valence-corrected chi connectivity index (χ2v) is 21.3. The number of furan rings is 1. The number of para-hydroxylation sites is 2. The van der Waals surface area contributed by atoms with Gasteiger partial charge in [-0.3, -0.25) is 0 Å². The third-order valence-electron chi connectivity index (χ3n) is 18.0. The molecule has 346 valence electrons. The minimum atomic E-state index is -0.548. The van der Waals surface area contributed by atoms with Crippen LogP contribution in [0.3, 0.4) is 0 Å². The minimum absolute atomic E-state index is 0.0509. The molecule has 13 aromatic rings. The summed E-state index contributed by atoms with van der Waals surface area (Å²) in [4.78, 5) is 2.60. The molecule has 0 aliphatic heterocycles. The highest BCUT2D eigenvalue weighted by Crippen LogP contribution is 2.65. The van der Waals surface area contributed by atoms with E-state index in [1.54, 1.807) is 0 Å². The fourth-order valence-corrected chi connectivity index (χ4v) is 15.1.